The average molecular weight is 573 g/mol. The van der Waals surface area contributed by atoms with E-state index in [1.54, 1.807) is 0 Å². The Morgan fingerprint density at radius 3 is 1.25 bits per heavy atom. The molecule has 0 spiro atoms. The molecule has 2 aromatic rings. The van der Waals surface area contributed by atoms with Gasteiger partial charge in [-0.25, -0.2) is 13.2 Å². The van der Waals surface area contributed by atoms with Crippen LogP contribution in [0.25, 0.3) is 0 Å². The summed E-state index contributed by atoms with van der Waals surface area (Å²) in [4.78, 5) is 0. The van der Waals surface area contributed by atoms with Gasteiger partial charge in [0.05, 0.1) is 0 Å². The van der Waals surface area contributed by atoms with Crippen molar-refractivity contribution < 1.29 is 13.2 Å². The van der Waals surface area contributed by atoms with Crippen LogP contribution in [0.1, 0.15) is 139 Å². The molecular weight excluding hydrogens is 525 g/mol. The van der Waals surface area contributed by atoms with Gasteiger partial charge in [-0.3, -0.25) is 0 Å². The largest absolute Gasteiger partial charge is 0.204 e. The molecule has 4 fully saturated rings. The van der Waals surface area contributed by atoms with Gasteiger partial charge in [0.15, 0.2) is 17.5 Å². The van der Waals surface area contributed by atoms with Crippen LogP contribution in [0, 0.1) is 41.1 Å². The van der Waals surface area contributed by atoms with E-state index in [-0.39, 0.29) is 5.92 Å². The van der Waals surface area contributed by atoms with Crippen LogP contribution in [0.3, 0.4) is 0 Å². The SMILES string of the molecule is Clc1ccc(C2CCC(C3CCCCC3)CC2)cc1.Fc1cc(C2CCC(C3CCCCC3)CC2)cc(F)c1F. The van der Waals surface area contributed by atoms with Crippen molar-refractivity contribution in [2.24, 2.45) is 23.7 Å². The topological polar surface area (TPSA) is 0 Å². The van der Waals surface area contributed by atoms with E-state index in [4.69, 9.17) is 11.6 Å². The monoisotopic (exact) mass is 572 g/mol. The minimum Gasteiger partial charge on any atom is -0.204 e. The van der Waals surface area contributed by atoms with Crippen molar-refractivity contribution in [3.8, 4) is 0 Å². The molecule has 0 bridgehead atoms. The number of rotatable bonds is 4. The third-order valence-electron chi connectivity index (χ3n) is 11.0. The molecule has 0 aromatic heterocycles. The zero-order chi connectivity index (χ0) is 27.9. The molecule has 2 aromatic carbocycles. The summed E-state index contributed by atoms with van der Waals surface area (Å²) in [5.74, 6) is 1.25. The van der Waals surface area contributed by atoms with Gasteiger partial charge in [0.25, 0.3) is 0 Å². The molecular formula is C36H48ClF3. The van der Waals surface area contributed by atoms with E-state index in [9.17, 15) is 13.2 Å². The Hall–Kier alpha value is -1.48. The lowest BCUT2D eigenvalue weighted by Crippen LogP contribution is -2.23. The zero-order valence-corrected chi connectivity index (χ0v) is 24.9. The third kappa shape index (κ3) is 7.87. The minimum atomic E-state index is -1.35. The first kappa shape index (κ1) is 30.0. The van der Waals surface area contributed by atoms with Crippen LogP contribution >= 0.6 is 11.6 Å². The van der Waals surface area contributed by atoms with E-state index in [1.165, 1.54) is 108 Å². The fraction of sp³-hybridized carbons (Fsp3) is 0.667. The normalized spacial score (nSPS) is 28.5. The second-order valence-corrected chi connectivity index (χ2v) is 13.8. The Labute approximate surface area is 245 Å². The van der Waals surface area contributed by atoms with E-state index in [0.717, 1.165) is 60.3 Å². The van der Waals surface area contributed by atoms with Crippen molar-refractivity contribution in [2.75, 3.05) is 0 Å². The van der Waals surface area contributed by atoms with E-state index >= 15 is 0 Å². The molecule has 4 aliphatic carbocycles. The van der Waals surface area contributed by atoms with Gasteiger partial charge in [0, 0.05) is 5.02 Å². The van der Waals surface area contributed by atoms with Gasteiger partial charge in [-0.05, 0) is 122 Å². The predicted octanol–water partition coefficient (Wildman–Crippen LogP) is 12.2. The number of halogens is 4. The van der Waals surface area contributed by atoms with Gasteiger partial charge in [0.1, 0.15) is 0 Å². The molecule has 4 heteroatoms. The molecule has 0 N–H and O–H groups in total. The summed E-state index contributed by atoms with van der Waals surface area (Å²) in [6, 6.07) is 10.9. The summed E-state index contributed by atoms with van der Waals surface area (Å²) in [6.07, 6.45) is 24.2. The highest BCUT2D eigenvalue weighted by molar-refractivity contribution is 6.30. The Balaban J connectivity index is 0.000000162. The fourth-order valence-corrected chi connectivity index (χ4v) is 8.73. The molecule has 40 heavy (non-hydrogen) atoms. The van der Waals surface area contributed by atoms with Gasteiger partial charge >= 0.3 is 0 Å². The number of hydrogen-bond donors (Lipinski definition) is 0. The van der Waals surface area contributed by atoms with Crippen molar-refractivity contribution >= 4 is 11.6 Å². The molecule has 4 aliphatic rings. The smallest absolute Gasteiger partial charge is 0.194 e. The molecule has 220 valence electrons. The van der Waals surface area contributed by atoms with Crippen molar-refractivity contribution in [1.82, 2.24) is 0 Å². The molecule has 4 saturated carbocycles. The van der Waals surface area contributed by atoms with E-state index in [0.29, 0.717) is 5.56 Å². The fourth-order valence-electron chi connectivity index (χ4n) is 8.60. The molecule has 0 nitrogen and oxygen atoms in total. The third-order valence-corrected chi connectivity index (χ3v) is 11.2. The van der Waals surface area contributed by atoms with Crippen LogP contribution in [0.4, 0.5) is 13.2 Å². The van der Waals surface area contributed by atoms with Gasteiger partial charge in [-0.2, -0.15) is 0 Å². The van der Waals surface area contributed by atoms with Crippen LogP contribution in [0.5, 0.6) is 0 Å². The lowest BCUT2D eigenvalue weighted by molar-refractivity contribution is 0.185. The molecule has 0 heterocycles. The zero-order valence-electron chi connectivity index (χ0n) is 24.2. The quantitative estimate of drug-likeness (QED) is 0.319. The number of benzene rings is 2. The molecule has 0 unspecified atom stereocenters. The van der Waals surface area contributed by atoms with Crippen LogP contribution in [-0.4, -0.2) is 0 Å². The summed E-state index contributed by atoms with van der Waals surface area (Å²) < 4.78 is 39.7. The summed E-state index contributed by atoms with van der Waals surface area (Å²) in [7, 11) is 0. The first-order valence-corrected chi connectivity index (χ1v) is 16.8. The number of hydrogen-bond acceptors (Lipinski definition) is 0. The summed E-state index contributed by atoms with van der Waals surface area (Å²) in [5, 5.41) is 0.861. The Kier molecular flexibility index (Phi) is 11.0. The van der Waals surface area contributed by atoms with Gasteiger partial charge in [0.2, 0.25) is 0 Å². The van der Waals surface area contributed by atoms with Gasteiger partial charge in [-0.15, -0.1) is 0 Å². The maximum atomic E-state index is 13.3. The van der Waals surface area contributed by atoms with E-state index in [1.807, 2.05) is 12.1 Å². The van der Waals surface area contributed by atoms with Crippen LogP contribution in [0.15, 0.2) is 36.4 Å². The maximum absolute atomic E-state index is 13.3. The Morgan fingerprint density at radius 2 is 0.825 bits per heavy atom. The summed E-state index contributed by atoms with van der Waals surface area (Å²) in [5.41, 5.74) is 2.14. The minimum absolute atomic E-state index is 0.189. The highest BCUT2D eigenvalue weighted by atomic mass is 35.5. The van der Waals surface area contributed by atoms with E-state index < -0.39 is 17.5 Å². The Morgan fingerprint density at radius 1 is 0.450 bits per heavy atom. The predicted molar refractivity (Wildman–Crippen MR) is 160 cm³/mol. The lowest BCUT2D eigenvalue weighted by Gasteiger charge is -2.36. The van der Waals surface area contributed by atoms with Gasteiger partial charge < -0.3 is 0 Å². The van der Waals surface area contributed by atoms with Crippen LogP contribution in [0.2, 0.25) is 5.02 Å². The second-order valence-electron chi connectivity index (χ2n) is 13.4. The highest BCUT2D eigenvalue weighted by Gasteiger charge is 2.30. The summed E-state index contributed by atoms with van der Waals surface area (Å²) in [6.45, 7) is 0. The van der Waals surface area contributed by atoms with Gasteiger partial charge in [-0.1, -0.05) is 87.9 Å². The van der Waals surface area contributed by atoms with Crippen molar-refractivity contribution in [3.63, 3.8) is 0 Å². The molecule has 0 amide bonds. The second kappa shape index (κ2) is 14.6. The highest BCUT2D eigenvalue weighted by Crippen LogP contribution is 2.44. The molecule has 0 saturated heterocycles. The van der Waals surface area contributed by atoms with Crippen LogP contribution in [-0.2, 0) is 0 Å². The first-order valence-electron chi connectivity index (χ1n) is 16.4. The van der Waals surface area contributed by atoms with Crippen LogP contribution < -0.4 is 0 Å². The average Bonchev–Trinajstić information content (AvgIpc) is 3.01. The van der Waals surface area contributed by atoms with Crippen molar-refractivity contribution in [3.05, 3.63) is 70.0 Å². The molecule has 0 atom stereocenters. The van der Waals surface area contributed by atoms with Crippen molar-refractivity contribution in [2.45, 2.75) is 127 Å². The lowest BCUT2D eigenvalue weighted by atomic mass is 9.70. The maximum Gasteiger partial charge on any atom is 0.194 e. The molecule has 6 rings (SSSR count). The summed E-state index contributed by atoms with van der Waals surface area (Å²) >= 11 is 5.98. The first-order chi connectivity index (χ1) is 19.5. The Bertz CT molecular complexity index is 1020. The standard InChI is InChI=1S/C18H25Cl.C18H23F3/c19-18-12-10-17(11-13-18)16-8-6-15(7-9-16)14-4-2-1-3-5-14;19-16-10-15(11-17(20)18(16)21)14-8-6-13(7-9-14)12-4-2-1-3-5-12/h10-16H,1-9H2;10-14H,1-9H2. The van der Waals surface area contributed by atoms with E-state index in [2.05, 4.69) is 12.1 Å². The van der Waals surface area contributed by atoms with Crippen molar-refractivity contribution in [1.29, 1.82) is 0 Å². The molecule has 0 aliphatic heterocycles. The molecule has 0 radical (unpaired) electrons.